The number of carbonyl (C=O) groups is 3. The lowest BCUT2D eigenvalue weighted by Crippen LogP contribution is -2.40. The topological polar surface area (TPSA) is 208 Å². The largest absolute Gasteiger partial charge is 0.481 e. The predicted molar refractivity (Wildman–Crippen MR) is 146 cm³/mol. The van der Waals surface area contributed by atoms with Crippen LogP contribution >= 0.6 is 0 Å². The Morgan fingerprint density at radius 3 is 1.95 bits per heavy atom. The molecule has 0 bridgehead atoms. The van der Waals surface area contributed by atoms with Gasteiger partial charge in [0.25, 0.3) is 0 Å². The van der Waals surface area contributed by atoms with Gasteiger partial charge in [-0.25, -0.2) is 0 Å². The maximum atomic E-state index is 12.5. The van der Waals surface area contributed by atoms with Crippen LogP contribution in [0.15, 0.2) is 0 Å². The quantitative estimate of drug-likeness (QED) is 0.0709. The van der Waals surface area contributed by atoms with Crippen LogP contribution in [0.1, 0.15) is 105 Å². The monoisotopic (exact) mass is 563 g/mol. The van der Waals surface area contributed by atoms with Gasteiger partial charge in [-0.1, -0.05) is 52.9 Å². The maximum absolute atomic E-state index is 12.5. The molecule has 0 aromatic rings. The summed E-state index contributed by atoms with van der Waals surface area (Å²) in [5, 5.41) is 59.3. The smallest absolute Gasteiger partial charge is 0.307 e. The summed E-state index contributed by atoms with van der Waals surface area (Å²) in [5.41, 5.74) is 5.59. The van der Waals surface area contributed by atoms with Crippen LogP contribution < -0.4 is 5.73 Å². The molecule has 0 fully saturated rings. The molecule has 8 N–H and O–H groups in total. The number of unbranched alkanes of at least 4 members (excludes halogenated alkanes) is 3. The van der Waals surface area contributed by atoms with Crippen LogP contribution in [0.4, 0.5) is 0 Å². The van der Waals surface area contributed by atoms with E-state index >= 15 is 0 Å². The molecular formula is C28H53NO10. The van der Waals surface area contributed by atoms with E-state index in [1.807, 2.05) is 20.8 Å². The van der Waals surface area contributed by atoms with Crippen molar-refractivity contribution in [2.45, 2.75) is 141 Å². The Labute approximate surface area is 232 Å². The highest BCUT2D eigenvalue weighted by Crippen LogP contribution is 2.26. The van der Waals surface area contributed by atoms with Crippen LogP contribution in [0.5, 0.6) is 0 Å². The number of rotatable bonds is 23. The summed E-state index contributed by atoms with van der Waals surface area (Å²) in [4.78, 5) is 34.9. The van der Waals surface area contributed by atoms with E-state index in [4.69, 9.17) is 15.6 Å². The third-order valence-electron chi connectivity index (χ3n) is 7.22. The van der Waals surface area contributed by atoms with Crippen LogP contribution in [0.3, 0.4) is 0 Å². The summed E-state index contributed by atoms with van der Waals surface area (Å²) in [6.07, 6.45) is 0.667. The van der Waals surface area contributed by atoms with Gasteiger partial charge in [0.1, 0.15) is 6.10 Å². The third-order valence-corrected chi connectivity index (χ3v) is 7.22. The summed E-state index contributed by atoms with van der Waals surface area (Å²) in [6, 6.07) is -0.511. The number of hydrogen-bond donors (Lipinski definition) is 7. The molecule has 0 aromatic carbocycles. The van der Waals surface area contributed by atoms with E-state index in [1.54, 1.807) is 6.92 Å². The minimum atomic E-state index is -1.42. The van der Waals surface area contributed by atoms with E-state index in [0.717, 1.165) is 32.1 Å². The van der Waals surface area contributed by atoms with Gasteiger partial charge in [-0.3, -0.25) is 14.4 Å². The van der Waals surface area contributed by atoms with Crippen LogP contribution in [0, 0.1) is 17.8 Å². The standard InChI is InChI=1S/C28H53NO10/c1-5-6-10-18(3)26(35)23(39-25(34)16-20(28(37)38)15-24(32)33)14-17(2)13-21(30)11-8-7-9-12-22(31)27(36)19(4)29/h17-23,26-27,30-31,35-36H,5-16,29H2,1-4H3,(H,32,33)(H,37,38). The summed E-state index contributed by atoms with van der Waals surface area (Å²) >= 11 is 0. The molecule has 9 atom stereocenters. The molecule has 0 rings (SSSR count). The normalized spacial score (nSPS) is 18.7. The Bertz CT molecular complexity index is 704. The number of nitrogens with two attached hydrogens (primary N) is 1. The lowest BCUT2D eigenvalue weighted by Gasteiger charge is -2.30. The SMILES string of the molecule is CCCCC(C)C(O)C(CC(C)CC(O)CCCCCC(O)C(O)C(C)N)OC(=O)CC(CC(=O)O)C(=O)O. The number of carbonyl (C=O) groups excluding carboxylic acids is 1. The van der Waals surface area contributed by atoms with Gasteiger partial charge in [0, 0.05) is 6.04 Å². The van der Waals surface area contributed by atoms with E-state index in [9.17, 15) is 39.9 Å². The van der Waals surface area contributed by atoms with Gasteiger partial charge >= 0.3 is 17.9 Å². The lowest BCUT2D eigenvalue weighted by molar-refractivity contribution is -0.163. The summed E-state index contributed by atoms with van der Waals surface area (Å²) in [7, 11) is 0. The van der Waals surface area contributed by atoms with Gasteiger partial charge in [0.2, 0.25) is 0 Å². The van der Waals surface area contributed by atoms with Crippen molar-refractivity contribution in [3.8, 4) is 0 Å². The van der Waals surface area contributed by atoms with E-state index in [2.05, 4.69) is 0 Å². The van der Waals surface area contributed by atoms with Gasteiger partial charge in [0.15, 0.2) is 0 Å². The fraction of sp³-hybridized carbons (Fsp3) is 0.893. The fourth-order valence-electron chi connectivity index (χ4n) is 4.70. The number of aliphatic hydroxyl groups excluding tert-OH is 4. The van der Waals surface area contributed by atoms with Crippen molar-refractivity contribution in [3.63, 3.8) is 0 Å². The number of ether oxygens (including phenoxy) is 1. The van der Waals surface area contributed by atoms with Crippen LogP contribution in [0.25, 0.3) is 0 Å². The van der Waals surface area contributed by atoms with Crippen molar-refractivity contribution < 1.29 is 49.8 Å². The minimum Gasteiger partial charge on any atom is -0.481 e. The molecule has 39 heavy (non-hydrogen) atoms. The average molecular weight is 564 g/mol. The van der Waals surface area contributed by atoms with Crippen molar-refractivity contribution in [2.24, 2.45) is 23.5 Å². The molecule has 0 aliphatic heterocycles. The Kier molecular flexibility index (Phi) is 19.2. The molecule has 0 radical (unpaired) electrons. The van der Waals surface area contributed by atoms with Crippen LogP contribution in [-0.2, 0) is 19.1 Å². The second kappa shape index (κ2) is 20.1. The van der Waals surface area contributed by atoms with Gasteiger partial charge in [-0.15, -0.1) is 0 Å². The third kappa shape index (κ3) is 16.8. The number of carboxylic acid groups (broad SMARTS) is 2. The van der Waals surface area contributed by atoms with Gasteiger partial charge < -0.3 is 41.1 Å². The lowest BCUT2D eigenvalue weighted by atomic mass is 9.87. The Morgan fingerprint density at radius 1 is 0.795 bits per heavy atom. The molecule has 11 nitrogen and oxygen atoms in total. The zero-order valence-corrected chi connectivity index (χ0v) is 24.1. The maximum Gasteiger partial charge on any atom is 0.307 e. The number of aliphatic carboxylic acids is 2. The van der Waals surface area contributed by atoms with Crippen LogP contribution in [-0.4, -0.2) is 85.1 Å². The number of hydrogen-bond acceptors (Lipinski definition) is 9. The summed E-state index contributed by atoms with van der Waals surface area (Å²) in [5.74, 6) is -5.33. The molecule has 0 heterocycles. The number of aliphatic hydroxyl groups is 4. The molecule has 0 amide bonds. The van der Waals surface area contributed by atoms with E-state index in [1.165, 1.54) is 0 Å². The van der Waals surface area contributed by atoms with Crippen LogP contribution in [0.2, 0.25) is 0 Å². The molecule has 0 aromatic heterocycles. The van der Waals surface area contributed by atoms with Crippen molar-refractivity contribution in [1.82, 2.24) is 0 Å². The second-order valence-electron chi connectivity index (χ2n) is 11.3. The summed E-state index contributed by atoms with van der Waals surface area (Å²) in [6.45, 7) is 7.40. The Morgan fingerprint density at radius 2 is 1.41 bits per heavy atom. The first kappa shape index (κ1) is 37.2. The Balaban J connectivity index is 4.95. The molecule has 230 valence electrons. The zero-order valence-electron chi connectivity index (χ0n) is 24.1. The van der Waals surface area contributed by atoms with E-state index < -0.39 is 73.2 Å². The minimum absolute atomic E-state index is 0.122. The second-order valence-corrected chi connectivity index (χ2v) is 11.3. The van der Waals surface area contributed by atoms with Gasteiger partial charge in [-0.2, -0.15) is 0 Å². The first-order valence-corrected chi connectivity index (χ1v) is 14.3. The number of esters is 1. The van der Waals surface area contributed by atoms with E-state index in [-0.39, 0.29) is 18.3 Å². The molecule has 0 aliphatic carbocycles. The predicted octanol–water partition coefficient (Wildman–Crippen LogP) is 2.45. The molecule has 9 unspecified atom stereocenters. The molecule has 0 saturated heterocycles. The highest BCUT2D eigenvalue weighted by atomic mass is 16.6. The first-order chi connectivity index (χ1) is 18.2. The average Bonchev–Trinajstić information content (AvgIpc) is 2.84. The fourth-order valence-corrected chi connectivity index (χ4v) is 4.70. The first-order valence-electron chi connectivity index (χ1n) is 14.3. The van der Waals surface area contributed by atoms with Crippen molar-refractivity contribution in [3.05, 3.63) is 0 Å². The van der Waals surface area contributed by atoms with Gasteiger partial charge in [0.05, 0.1) is 43.2 Å². The number of carboxylic acids is 2. The highest BCUT2D eigenvalue weighted by Gasteiger charge is 2.32. The zero-order chi connectivity index (χ0) is 30.1. The van der Waals surface area contributed by atoms with Crippen molar-refractivity contribution >= 4 is 17.9 Å². The summed E-state index contributed by atoms with van der Waals surface area (Å²) < 4.78 is 5.52. The molecular weight excluding hydrogens is 510 g/mol. The highest BCUT2D eigenvalue weighted by molar-refractivity contribution is 5.82. The van der Waals surface area contributed by atoms with E-state index in [0.29, 0.717) is 25.7 Å². The van der Waals surface area contributed by atoms with Crippen molar-refractivity contribution in [1.29, 1.82) is 0 Å². The molecule has 0 saturated carbocycles. The molecule has 0 aliphatic rings. The van der Waals surface area contributed by atoms with Crippen molar-refractivity contribution in [2.75, 3.05) is 0 Å². The molecule has 0 spiro atoms. The molecule has 11 heteroatoms. The Hall–Kier alpha value is -1.79. The van der Waals surface area contributed by atoms with Gasteiger partial charge in [-0.05, 0) is 50.9 Å².